The molecule has 0 bridgehead atoms. The van der Waals surface area contributed by atoms with Gasteiger partial charge in [0.1, 0.15) is 0 Å². The number of hydrogen-bond donors (Lipinski definition) is 2. The van der Waals surface area contributed by atoms with Gasteiger partial charge in [-0.25, -0.2) is 0 Å². The third kappa shape index (κ3) is 7.44. The molecule has 1 rings (SSSR count). The number of ether oxygens (including phenoxy) is 1. The van der Waals surface area contributed by atoms with Gasteiger partial charge in [-0.3, -0.25) is 14.9 Å². The Kier molecular flexibility index (Phi) is 8.15. The molecule has 9 heteroatoms. The molecular weight excluding hydrogens is 333 g/mol. The van der Waals surface area contributed by atoms with Crippen molar-refractivity contribution in [3.8, 4) is 5.75 Å². The molecule has 1 amide bonds. The van der Waals surface area contributed by atoms with Crippen LogP contribution >= 0.6 is 24.0 Å². The van der Waals surface area contributed by atoms with E-state index in [0.29, 0.717) is 6.54 Å². The summed E-state index contributed by atoms with van der Waals surface area (Å²) in [7, 11) is 0. The van der Waals surface area contributed by atoms with Gasteiger partial charge in [0.05, 0.1) is 18.0 Å². The van der Waals surface area contributed by atoms with Crippen LogP contribution in [-0.2, 0) is 4.79 Å². The monoisotopic (exact) mass is 351 g/mol. The molecule has 0 fully saturated rings. The van der Waals surface area contributed by atoms with Crippen LogP contribution < -0.4 is 15.8 Å². The molecule has 0 radical (unpaired) electrons. The molecule has 7 nitrogen and oxygen atoms in total. The zero-order valence-electron chi connectivity index (χ0n) is 12.3. The lowest BCUT2D eigenvalue weighted by atomic mass is 10.1. The second-order valence-corrected chi connectivity index (χ2v) is 5.67. The van der Waals surface area contributed by atoms with Gasteiger partial charge in [0.2, 0.25) is 5.91 Å². The van der Waals surface area contributed by atoms with Crippen LogP contribution in [0.15, 0.2) is 18.2 Å². The highest BCUT2D eigenvalue weighted by atomic mass is 35.5. The van der Waals surface area contributed by atoms with Crippen LogP contribution in [0.2, 0.25) is 5.02 Å². The van der Waals surface area contributed by atoms with Crippen molar-refractivity contribution in [2.75, 3.05) is 13.2 Å². The third-order valence-electron chi connectivity index (χ3n) is 2.45. The minimum absolute atomic E-state index is 0. The zero-order chi connectivity index (χ0) is 16.0. The maximum atomic E-state index is 11.6. The summed E-state index contributed by atoms with van der Waals surface area (Å²) in [6.07, 6.45) is 0.0792. The molecule has 22 heavy (non-hydrogen) atoms. The molecule has 0 unspecified atom stereocenters. The Balaban J connectivity index is 0.00000441. The van der Waals surface area contributed by atoms with E-state index in [1.165, 1.54) is 18.2 Å². The van der Waals surface area contributed by atoms with E-state index in [2.05, 4.69) is 5.32 Å². The summed E-state index contributed by atoms with van der Waals surface area (Å²) in [6.45, 7) is 3.95. The number of amides is 1. The summed E-state index contributed by atoms with van der Waals surface area (Å²) in [5.74, 6) is -0.151. The van der Waals surface area contributed by atoms with Gasteiger partial charge in [-0.05, 0) is 26.0 Å². The van der Waals surface area contributed by atoms with E-state index >= 15 is 0 Å². The predicted octanol–water partition coefficient (Wildman–Crippen LogP) is 2.29. The third-order valence-corrected chi connectivity index (χ3v) is 2.68. The molecule has 0 heterocycles. The predicted molar refractivity (Wildman–Crippen MR) is 86.7 cm³/mol. The molecular formula is C13H19Cl2N3O4. The first kappa shape index (κ1) is 20.4. The number of rotatable bonds is 7. The summed E-state index contributed by atoms with van der Waals surface area (Å²) in [5, 5.41) is 13.8. The number of nitro benzene ring substituents is 1. The Hall–Kier alpha value is -1.57. The molecule has 3 N–H and O–H groups in total. The Morgan fingerprint density at radius 1 is 1.50 bits per heavy atom. The average Bonchev–Trinajstić information content (AvgIpc) is 2.37. The topological polar surface area (TPSA) is 107 Å². The number of carbonyl (C=O) groups is 1. The number of benzene rings is 1. The second kappa shape index (κ2) is 8.77. The van der Waals surface area contributed by atoms with Crippen LogP contribution in [0.3, 0.4) is 0 Å². The molecule has 0 aromatic heterocycles. The van der Waals surface area contributed by atoms with Gasteiger partial charge in [-0.2, -0.15) is 0 Å². The van der Waals surface area contributed by atoms with Crippen LogP contribution in [0.5, 0.6) is 5.75 Å². The van der Waals surface area contributed by atoms with E-state index in [-0.39, 0.29) is 47.8 Å². The lowest BCUT2D eigenvalue weighted by Gasteiger charge is -2.18. The number of nitrogens with two attached hydrogens (primary N) is 1. The first-order valence-electron chi connectivity index (χ1n) is 6.31. The fraction of sp³-hybridized carbons (Fsp3) is 0.462. The lowest BCUT2D eigenvalue weighted by molar-refractivity contribution is -0.385. The van der Waals surface area contributed by atoms with Crippen molar-refractivity contribution in [3.05, 3.63) is 33.3 Å². The lowest BCUT2D eigenvalue weighted by Crippen LogP contribution is -2.45. The SMILES string of the molecule is CC(C)(N)CNC(=O)CCOc1ccc(Cl)cc1[N+](=O)[O-].Cl. The smallest absolute Gasteiger partial charge is 0.312 e. The first-order chi connectivity index (χ1) is 9.69. The number of halogens is 2. The average molecular weight is 352 g/mol. The fourth-order valence-corrected chi connectivity index (χ4v) is 1.59. The van der Waals surface area contributed by atoms with Crippen molar-refractivity contribution in [3.63, 3.8) is 0 Å². The number of hydrogen-bond acceptors (Lipinski definition) is 5. The molecule has 0 atom stereocenters. The second-order valence-electron chi connectivity index (χ2n) is 5.23. The molecule has 0 aliphatic heterocycles. The summed E-state index contributed by atoms with van der Waals surface area (Å²) < 4.78 is 5.26. The van der Waals surface area contributed by atoms with E-state index < -0.39 is 10.5 Å². The van der Waals surface area contributed by atoms with E-state index in [4.69, 9.17) is 22.1 Å². The van der Waals surface area contributed by atoms with Crippen molar-refractivity contribution in [2.45, 2.75) is 25.8 Å². The number of nitrogens with zero attached hydrogens (tertiary/aromatic N) is 1. The van der Waals surface area contributed by atoms with Crippen LogP contribution in [0.25, 0.3) is 0 Å². The fourth-order valence-electron chi connectivity index (χ4n) is 1.42. The minimum Gasteiger partial charge on any atom is -0.486 e. The highest BCUT2D eigenvalue weighted by molar-refractivity contribution is 6.30. The number of nitrogens with one attached hydrogen (secondary N) is 1. The number of carbonyl (C=O) groups excluding carboxylic acids is 1. The zero-order valence-corrected chi connectivity index (χ0v) is 13.9. The quantitative estimate of drug-likeness (QED) is 0.578. The van der Waals surface area contributed by atoms with Gasteiger partial charge in [-0.1, -0.05) is 11.6 Å². The van der Waals surface area contributed by atoms with E-state index in [0.717, 1.165) is 0 Å². The van der Waals surface area contributed by atoms with Crippen LogP contribution in [-0.4, -0.2) is 29.5 Å². The van der Waals surface area contributed by atoms with E-state index in [1.54, 1.807) is 13.8 Å². The molecule has 1 aromatic carbocycles. The summed E-state index contributed by atoms with van der Waals surface area (Å²) in [4.78, 5) is 21.8. The summed E-state index contributed by atoms with van der Waals surface area (Å²) in [5.41, 5.74) is 5.01. The molecule has 0 saturated heterocycles. The summed E-state index contributed by atoms with van der Waals surface area (Å²) >= 11 is 5.69. The van der Waals surface area contributed by atoms with E-state index in [1.807, 2.05) is 0 Å². The van der Waals surface area contributed by atoms with E-state index in [9.17, 15) is 14.9 Å². The highest BCUT2D eigenvalue weighted by Gasteiger charge is 2.16. The van der Waals surface area contributed by atoms with Crippen LogP contribution in [0, 0.1) is 10.1 Å². The van der Waals surface area contributed by atoms with Crippen molar-refractivity contribution in [2.24, 2.45) is 5.73 Å². The molecule has 124 valence electrons. The Bertz CT molecular complexity index is 533. The van der Waals surface area contributed by atoms with Crippen LogP contribution in [0.1, 0.15) is 20.3 Å². The van der Waals surface area contributed by atoms with Crippen LogP contribution in [0.4, 0.5) is 5.69 Å². The summed E-state index contributed by atoms with van der Waals surface area (Å²) in [6, 6.07) is 4.09. The van der Waals surface area contributed by atoms with Gasteiger partial charge in [-0.15, -0.1) is 12.4 Å². The van der Waals surface area contributed by atoms with Crippen molar-refractivity contribution >= 4 is 35.6 Å². The standard InChI is InChI=1S/C13H18ClN3O4.ClH/c1-13(2,15)8-16-12(18)5-6-21-11-4-3-9(14)7-10(11)17(19)20;/h3-4,7H,5-6,8,15H2,1-2H3,(H,16,18);1H. The largest absolute Gasteiger partial charge is 0.486 e. The van der Waals surface area contributed by atoms with Gasteiger partial charge in [0.15, 0.2) is 5.75 Å². The molecule has 0 aliphatic rings. The van der Waals surface area contributed by atoms with Crippen molar-refractivity contribution in [1.29, 1.82) is 0 Å². The van der Waals surface area contributed by atoms with Gasteiger partial charge in [0, 0.05) is 23.2 Å². The first-order valence-corrected chi connectivity index (χ1v) is 6.69. The Morgan fingerprint density at radius 2 is 2.14 bits per heavy atom. The van der Waals surface area contributed by atoms with Gasteiger partial charge >= 0.3 is 5.69 Å². The number of nitro groups is 1. The maximum Gasteiger partial charge on any atom is 0.312 e. The maximum absolute atomic E-state index is 11.6. The molecule has 1 aromatic rings. The molecule has 0 aliphatic carbocycles. The van der Waals surface area contributed by atoms with Crippen molar-refractivity contribution in [1.82, 2.24) is 5.32 Å². The Morgan fingerprint density at radius 3 is 2.68 bits per heavy atom. The van der Waals surface area contributed by atoms with Crippen molar-refractivity contribution < 1.29 is 14.5 Å². The Labute approximate surface area is 139 Å². The molecule has 0 saturated carbocycles. The molecule has 0 spiro atoms. The highest BCUT2D eigenvalue weighted by Crippen LogP contribution is 2.29. The normalized spacial score (nSPS) is 10.5. The minimum atomic E-state index is -0.585. The van der Waals surface area contributed by atoms with Gasteiger partial charge < -0.3 is 15.8 Å². The van der Waals surface area contributed by atoms with Gasteiger partial charge in [0.25, 0.3) is 0 Å².